The highest BCUT2D eigenvalue weighted by atomic mass is 32.1. The Bertz CT molecular complexity index is 441. The molecule has 0 amide bonds. The van der Waals surface area contributed by atoms with Gasteiger partial charge >= 0.3 is 0 Å². The van der Waals surface area contributed by atoms with Gasteiger partial charge < -0.3 is 4.37 Å². The molecule has 2 nitrogen and oxygen atoms in total. The highest BCUT2D eigenvalue weighted by Crippen LogP contribution is 2.13. The third-order valence-electron chi connectivity index (χ3n) is 1.74. The van der Waals surface area contributed by atoms with Crippen molar-refractivity contribution >= 4 is 22.4 Å². The van der Waals surface area contributed by atoms with Crippen LogP contribution in [0.4, 0.5) is 0 Å². The van der Waals surface area contributed by atoms with Crippen molar-refractivity contribution in [2.45, 2.75) is 6.92 Å². The molecule has 0 spiro atoms. The van der Waals surface area contributed by atoms with Gasteiger partial charge in [-0.2, -0.15) is 0 Å². The standard InChI is InChI=1S/C8H7NOS/c1-5-3-2-4-6-7(5)9-11-8(6)10/h2-4,9H,1H3. The Morgan fingerprint density at radius 1 is 1.45 bits per heavy atom. The fourth-order valence-electron chi connectivity index (χ4n) is 1.13. The number of benzene rings is 1. The summed E-state index contributed by atoms with van der Waals surface area (Å²) in [5, 5.41) is 0.801. The van der Waals surface area contributed by atoms with Crippen LogP contribution in [0, 0.1) is 6.92 Å². The van der Waals surface area contributed by atoms with Crippen LogP contribution in [-0.4, -0.2) is 4.37 Å². The molecule has 0 saturated heterocycles. The number of para-hydroxylation sites is 1. The zero-order valence-electron chi connectivity index (χ0n) is 6.05. The summed E-state index contributed by atoms with van der Waals surface area (Å²) in [7, 11) is 0. The minimum atomic E-state index is 0.115. The van der Waals surface area contributed by atoms with E-state index in [1.165, 1.54) is 0 Å². The Balaban J connectivity index is 3.06. The zero-order valence-corrected chi connectivity index (χ0v) is 6.87. The lowest BCUT2D eigenvalue weighted by molar-refractivity contribution is 1.49. The molecule has 0 aliphatic heterocycles. The van der Waals surface area contributed by atoms with E-state index in [-0.39, 0.29) is 4.74 Å². The van der Waals surface area contributed by atoms with Crippen LogP contribution >= 0.6 is 11.5 Å². The molecule has 0 atom stereocenters. The van der Waals surface area contributed by atoms with E-state index in [4.69, 9.17) is 0 Å². The van der Waals surface area contributed by atoms with E-state index < -0.39 is 0 Å². The van der Waals surface area contributed by atoms with Crippen LogP contribution in [0.5, 0.6) is 0 Å². The molecule has 0 bridgehead atoms. The SMILES string of the molecule is Cc1cccc2c(=O)s[nH]c12. The maximum Gasteiger partial charge on any atom is 0.257 e. The Hall–Kier alpha value is -1.09. The van der Waals surface area contributed by atoms with Crippen molar-refractivity contribution in [1.29, 1.82) is 0 Å². The van der Waals surface area contributed by atoms with E-state index >= 15 is 0 Å². The number of aromatic nitrogens is 1. The summed E-state index contributed by atoms with van der Waals surface area (Å²) < 4.78 is 3.10. The van der Waals surface area contributed by atoms with Crippen LogP contribution in [0.1, 0.15) is 5.56 Å². The number of rotatable bonds is 0. The summed E-state index contributed by atoms with van der Waals surface area (Å²) in [6.45, 7) is 1.99. The Kier molecular flexibility index (Phi) is 1.32. The van der Waals surface area contributed by atoms with Crippen molar-refractivity contribution < 1.29 is 0 Å². The normalized spacial score (nSPS) is 10.6. The first-order valence-corrected chi connectivity index (χ1v) is 4.17. The molecule has 0 radical (unpaired) electrons. The molecule has 56 valence electrons. The van der Waals surface area contributed by atoms with Gasteiger partial charge in [0, 0.05) is 0 Å². The predicted octanol–water partition coefficient (Wildman–Crippen LogP) is 1.90. The highest BCUT2D eigenvalue weighted by Gasteiger charge is 2.00. The molecular formula is C8H7NOS. The summed E-state index contributed by atoms with van der Waals surface area (Å²) in [6.07, 6.45) is 0. The van der Waals surface area contributed by atoms with E-state index in [9.17, 15) is 4.79 Å². The average molecular weight is 165 g/mol. The van der Waals surface area contributed by atoms with Gasteiger partial charge in [-0.15, -0.1) is 0 Å². The van der Waals surface area contributed by atoms with Gasteiger partial charge in [0.15, 0.2) is 0 Å². The van der Waals surface area contributed by atoms with Gasteiger partial charge in [0.1, 0.15) is 0 Å². The topological polar surface area (TPSA) is 32.9 Å². The van der Waals surface area contributed by atoms with Gasteiger partial charge in [-0.3, -0.25) is 4.79 Å². The molecule has 0 unspecified atom stereocenters. The predicted molar refractivity (Wildman–Crippen MR) is 47.2 cm³/mol. The number of hydrogen-bond donors (Lipinski definition) is 1. The zero-order chi connectivity index (χ0) is 7.84. The highest BCUT2D eigenvalue weighted by molar-refractivity contribution is 7.04. The van der Waals surface area contributed by atoms with Crippen LogP contribution in [0.3, 0.4) is 0 Å². The van der Waals surface area contributed by atoms with Crippen molar-refractivity contribution in [3.05, 3.63) is 33.3 Å². The third kappa shape index (κ3) is 0.886. The molecule has 1 aromatic heterocycles. The Morgan fingerprint density at radius 3 is 3.00 bits per heavy atom. The second kappa shape index (κ2) is 2.20. The fourth-order valence-corrected chi connectivity index (χ4v) is 1.87. The van der Waals surface area contributed by atoms with Gasteiger partial charge in [0.05, 0.1) is 10.9 Å². The summed E-state index contributed by atoms with van der Waals surface area (Å²) in [6, 6.07) is 5.74. The van der Waals surface area contributed by atoms with Crippen molar-refractivity contribution in [3.8, 4) is 0 Å². The van der Waals surface area contributed by atoms with E-state index in [2.05, 4.69) is 4.37 Å². The lowest BCUT2D eigenvalue weighted by Crippen LogP contribution is -1.87. The van der Waals surface area contributed by atoms with Crippen molar-refractivity contribution in [1.82, 2.24) is 4.37 Å². The van der Waals surface area contributed by atoms with Gasteiger partial charge in [-0.05, 0) is 30.1 Å². The Morgan fingerprint density at radius 2 is 2.27 bits per heavy atom. The third-order valence-corrected chi connectivity index (χ3v) is 2.45. The van der Waals surface area contributed by atoms with E-state index in [0.717, 1.165) is 28.0 Å². The summed E-state index contributed by atoms with van der Waals surface area (Å²) in [5.74, 6) is 0. The van der Waals surface area contributed by atoms with E-state index in [0.29, 0.717) is 0 Å². The van der Waals surface area contributed by atoms with Crippen molar-refractivity contribution in [3.63, 3.8) is 0 Å². The van der Waals surface area contributed by atoms with Gasteiger partial charge in [0.2, 0.25) is 0 Å². The molecule has 11 heavy (non-hydrogen) atoms. The molecule has 3 heteroatoms. The fraction of sp³-hybridized carbons (Fsp3) is 0.125. The van der Waals surface area contributed by atoms with Gasteiger partial charge in [-0.1, -0.05) is 12.1 Å². The monoisotopic (exact) mass is 165 g/mol. The lowest BCUT2D eigenvalue weighted by atomic mass is 10.2. The first-order chi connectivity index (χ1) is 5.29. The largest absolute Gasteiger partial charge is 0.307 e. The lowest BCUT2D eigenvalue weighted by Gasteiger charge is -1.90. The number of fused-ring (bicyclic) bond motifs is 1. The molecule has 0 fully saturated rings. The molecular weight excluding hydrogens is 158 g/mol. The van der Waals surface area contributed by atoms with Crippen LogP contribution < -0.4 is 4.74 Å². The summed E-state index contributed by atoms with van der Waals surface area (Å²) >= 11 is 1.15. The smallest absolute Gasteiger partial charge is 0.257 e. The minimum absolute atomic E-state index is 0.115. The molecule has 1 N–H and O–H groups in total. The van der Waals surface area contributed by atoms with Crippen molar-refractivity contribution in [2.75, 3.05) is 0 Å². The van der Waals surface area contributed by atoms with Crippen LogP contribution in [0.15, 0.2) is 23.0 Å². The molecule has 0 aliphatic carbocycles. The van der Waals surface area contributed by atoms with E-state index in [1.54, 1.807) is 0 Å². The van der Waals surface area contributed by atoms with Crippen LogP contribution in [0.2, 0.25) is 0 Å². The second-order valence-electron chi connectivity index (χ2n) is 2.49. The molecule has 2 rings (SSSR count). The maximum absolute atomic E-state index is 11.1. The van der Waals surface area contributed by atoms with Crippen LogP contribution in [0.25, 0.3) is 10.9 Å². The Labute approximate surface area is 67.6 Å². The van der Waals surface area contributed by atoms with E-state index in [1.807, 2.05) is 25.1 Å². The maximum atomic E-state index is 11.1. The summed E-state index contributed by atoms with van der Waals surface area (Å²) in [4.78, 5) is 11.1. The van der Waals surface area contributed by atoms with Crippen LogP contribution in [-0.2, 0) is 0 Å². The van der Waals surface area contributed by atoms with Gasteiger partial charge in [-0.25, -0.2) is 0 Å². The molecule has 1 heterocycles. The first-order valence-electron chi connectivity index (χ1n) is 3.36. The molecule has 1 aromatic carbocycles. The van der Waals surface area contributed by atoms with Crippen molar-refractivity contribution in [2.24, 2.45) is 0 Å². The number of aromatic amines is 1. The first kappa shape index (κ1) is 6.61. The number of H-pyrrole nitrogens is 1. The average Bonchev–Trinajstić information content (AvgIpc) is 2.35. The number of aryl methyl sites for hydroxylation is 1. The number of nitrogens with one attached hydrogen (secondary N) is 1. The van der Waals surface area contributed by atoms with Gasteiger partial charge in [0.25, 0.3) is 4.74 Å². The minimum Gasteiger partial charge on any atom is -0.307 e. The molecule has 0 saturated carbocycles. The molecule has 0 aliphatic rings. The second-order valence-corrected chi connectivity index (χ2v) is 3.27. The quantitative estimate of drug-likeness (QED) is 0.635. The number of hydrogen-bond acceptors (Lipinski definition) is 2. The molecule has 2 aromatic rings. The summed E-state index contributed by atoms with van der Waals surface area (Å²) in [5.41, 5.74) is 2.10.